The van der Waals surface area contributed by atoms with Gasteiger partial charge in [-0.3, -0.25) is 19.8 Å². The lowest BCUT2D eigenvalue weighted by molar-refractivity contribution is -0.384. The molecule has 384 valence electrons. The maximum atomic E-state index is 14.3. The zero-order valence-corrected chi connectivity index (χ0v) is 42.3. The number of sulfonamides is 1. The third kappa shape index (κ3) is 10.8. The molecule has 10 rings (SSSR count). The van der Waals surface area contributed by atoms with Crippen LogP contribution in [0, 0.1) is 21.4 Å². The summed E-state index contributed by atoms with van der Waals surface area (Å²) in [4.78, 5) is 38.4. The number of aromatic amines is 1. The summed E-state index contributed by atoms with van der Waals surface area (Å²) in [6.45, 7) is 11.9. The molecule has 0 bridgehead atoms. The predicted octanol–water partition coefficient (Wildman–Crippen LogP) is 8.89. The molecule has 5 heterocycles. The van der Waals surface area contributed by atoms with E-state index in [-0.39, 0.29) is 52.7 Å². The number of benzene rings is 3. The summed E-state index contributed by atoms with van der Waals surface area (Å²) >= 11 is 0. The van der Waals surface area contributed by atoms with Crippen molar-refractivity contribution < 1.29 is 42.2 Å². The van der Waals surface area contributed by atoms with Gasteiger partial charge in [0.1, 0.15) is 29.8 Å². The van der Waals surface area contributed by atoms with E-state index in [1.54, 1.807) is 30.5 Å². The normalized spacial score (nSPS) is 24.5. The Balaban J connectivity index is 0.881. The SMILES string of the molecule is CC(C)c1ccccc1[C@@H]1CCC[C@@H]1N1CC2(CCN(c3ccc(C(=O)NS(=O)(=O)c4ccc(NC[C@H]5CC[C@](C)(O)CC5)c([N+](=O)[O-])c4)c(Oc4cc5cc[nH]c5nc4OC[C@@H]4COCCO4)c3)CC2)C1. The van der Waals surface area contributed by atoms with Crippen LogP contribution >= 0.6 is 0 Å². The Morgan fingerprint density at radius 1 is 0.986 bits per heavy atom. The Hall–Kier alpha value is -5.79. The molecule has 0 radical (unpaired) electrons. The molecule has 0 unspecified atom stereocenters. The molecule has 2 saturated carbocycles. The molecule has 72 heavy (non-hydrogen) atoms. The monoisotopic (exact) mass is 1010 g/mol. The zero-order valence-electron chi connectivity index (χ0n) is 41.4. The highest BCUT2D eigenvalue weighted by Gasteiger charge is 2.49. The Morgan fingerprint density at radius 3 is 2.53 bits per heavy atom. The van der Waals surface area contributed by atoms with E-state index in [9.17, 15) is 28.4 Å². The zero-order chi connectivity index (χ0) is 50.2. The Labute approximate surface area is 421 Å². The van der Waals surface area contributed by atoms with Crippen LogP contribution < -0.4 is 24.4 Å². The van der Waals surface area contributed by atoms with E-state index < -0.39 is 37.0 Å². The number of hydrogen-bond donors (Lipinski definition) is 4. The number of nitrogens with zero attached hydrogens (tertiary/aromatic N) is 4. The molecule has 17 nitrogen and oxygen atoms in total. The predicted molar refractivity (Wildman–Crippen MR) is 274 cm³/mol. The minimum absolute atomic E-state index is 0.0674. The molecule has 4 N–H and O–H groups in total. The van der Waals surface area contributed by atoms with Crippen molar-refractivity contribution in [3.63, 3.8) is 0 Å². The van der Waals surface area contributed by atoms with Crippen molar-refractivity contribution in [1.29, 1.82) is 0 Å². The number of nitro benzene ring substituents is 1. The summed E-state index contributed by atoms with van der Waals surface area (Å²) in [5.41, 5.74) is 3.48. The van der Waals surface area contributed by atoms with Gasteiger partial charge < -0.3 is 39.3 Å². The minimum Gasteiger partial charge on any atom is -0.472 e. The molecule has 2 aliphatic carbocycles. The lowest BCUT2D eigenvalue weighted by atomic mass is 9.70. The van der Waals surface area contributed by atoms with Gasteiger partial charge in [-0.05, 0) is 129 Å². The molecule has 18 heteroatoms. The van der Waals surface area contributed by atoms with Crippen LogP contribution in [0.5, 0.6) is 17.4 Å². The fourth-order valence-electron chi connectivity index (χ4n) is 11.7. The van der Waals surface area contributed by atoms with Gasteiger partial charge in [0.05, 0.1) is 40.8 Å². The second-order valence-corrected chi connectivity index (χ2v) is 23.0. The van der Waals surface area contributed by atoms with Crippen LogP contribution in [-0.2, 0) is 19.5 Å². The quantitative estimate of drug-likeness (QED) is 0.0538. The first-order chi connectivity index (χ1) is 34.6. The van der Waals surface area contributed by atoms with Gasteiger partial charge in [-0.15, -0.1) is 0 Å². The Bertz CT molecular complexity index is 2880. The molecule has 5 fully saturated rings. The number of nitrogens with one attached hydrogen (secondary N) is 3. The number of rotatable bonds is 16. The number of ether oxygens (including phenoxy) is 4. The third-order valence-electron chi connectivity index (χ3n) is 15.9. The van der Waals surface area contributed by atoms with E-state index in [1.165, 1.54) is 42.5 Å². The number of nitro groups is 1. The van der Waals surface area contributed by atoms with E-state index in [2.05, 4.69) is 62.9 Å². The van der Waals surface area contributed by atoms with Gasteiger partial charge in [-0.2, -0.15) is 4.98 Å². The second-order valence-electron chi connectivity index (χ2n) is 21.3. The molecule has 3 atom stereocenters. The fraction of sp³-hybridized carbons (Fsp3) is 0.519. The molecular weight excluding hydrogens is 939 g/mol. The molecule has 3 saturated heterocycles. The van der Waals surface area contributed by atoms with Gasteiger partial charge in [0.15, 0.2) is 5.75 Å². The van der Waals surface area contributed by atoms with Gasteiger partial charge in [0.2, 0.25) is 0 Å². The van der Waals surface area contributed by atoms with Crippen molar-refractivity contribution in [2.45, 2.75) is 113 Å². The molecule has 2 aromatic heterocycles. The summed E-state index contributed by atoms with van der Waals surface area (Å²) in [7, 11) is -4.64. The van der Waals surface area contributed by atoms with Gasteiger partial charge >= 0.3 is 0 Å². The number of aromatic nitrogens is 2. The first-order valence-corrected chi connectivity index (χ1v) is 27.1. The van der Waals surface area contributed by atoms with Crippen molar-refractivity contribution in [1.82, 2.24) is 19.6 Å². The number of carbonyl (C=O) groups is 1. The van der Waals surface area contributed by atoms with Gasteiger partial charge in [-0.25, -0.2) is 13.1 Å². The van der Waals surface area contributed by atoms with E-state index in [4.69, 9.17) is 23.9 Å². The van der Waals surface area contributed by atoms with E-state index >= 15 is 0 Å². The molecular formula is C54H67N7O10S. The molecule has 1 spiro atoms. The number of anilines is 2. The first-order valence-electron chi connectivity index (χ1n) is 25.6. The number of fused-ring (bicyclic) bond motifs is 1. The highest BCUT2D eigenvalue weighted by molar-refractivity contribution is 7.90. The first kappa shape index (κ1) is 49.8. The van der Waals surface area contributed by atoms with E-state index in [0.29, 0.717) is 62.7 Å². The second kappa shape index (κ2) is 20.6. The fourth-order valence-corrected chi connectivity index (χ4v) is 12.7. The van der Waals surface area contributed by atoms with Crippen molar-refractivity contribution in [3.05, 3.63) is 106 Å². The topological polar surface area (TPSA) is 211 Å². The van der Waals surface area contributed by atoms with Crippen LogP contribution in [0.2, 0.25) is 0 Å². The van der Waals surface area contributed by atoms with Gasteiger partial charge in [0.25, 0.3) is 27.5 Å². The third-order valence-corrected chi connectivity index (χ3v) is 17.2. The maximum Gasteiger partial charge on any atom is 0.293 e. The average Bonchev–Trinajstić information content (AvgIpc) is 4.05. The maximum absolute atomic E-state index is 14.3. The van der Waals surface area contributed by atoms with Crippen LogP contribution in [0.25, 0.3) is 11.0 Å². The van der Waals surface area contributed by atoms with Crippen LogP contribution in [0.4, 0.5) is 17.1 Å². The standard InChI is InChI=1S/C54H67N7O10S/c1-35(2)41-7-4-5-8-42(41)43-9-6-10-46(43)60-33-54(34-60)20-23-59(24-21-54)38-11-13-44(48(28-38)71-49-27-37-17-22-55-50(37)57-52(49)70-32-39-31-68-25-26-69-39)51(62)58-72(66,67)40-12-14-45(47(29-40)61(64)65)56-30-36-15-18-53(3,63)19-16-36/h4-5,7-8,11-14,17,22,27-29,35-36,39,43,46,56,63H,6,9-10,15-16,18-21,23-26,30-34H2,1-3H3,(H,55,57)(H,58,62)/t36-,39-,43-,46-,53-/m0/s1. The number of piperidine rings is 1. The van der Waals surface area contributed by atoms with E-state index in [1.807, 2.05) is 13.0 Å². The molecule has 5 aromatic rings. The number of amides is 1. The van der Waals surface area contributed by atoms with Crippen LogP contribution in [0.15, 0.2) is 83.9 Å². The average molecular weight is 1010 g/mol. The van der Waals surface area contributed by atoms with Crippen molar-refractivity contribution >= 4 is 44.0 Å². The summed E-state index contributed by atoms with van der Waals surface area (Å²) in [5.74, 6) is 0.627. The highest BCUT2D eigenvalue weighted by atomic mass is 32.2. The number of hydrogen-bond acceptors (Lipinski definition) is 14. The smallest absolute Gasteiger partial charge is 0.293 e. The van der Waals surface area contributed by atoms with Crippen molar-refractivity contribution in [3.8, 4) is 17.4 Å². The highest BCUT2D eigenvalue weighted by Crippen LogP contribution is 2.49. The summed E-state index contributed by atoms with van der Waals surface area (Å²) in [6, 6.07) is 21.8. The van der Waals surface area contributed by atoms with E-state index in [0.717, 1.165) is 69.0 Å². The molecule has 1 amide bonds. The van der Waals surface area contributed by atoms with Crippen LogP contribution in [0.1, 0.15) is 112 Å². The summed E-state index contributed by atoms with van der Waals surface area (Å²) in [6.07, 6.45) is 9.86. The minimum atomic E-state index is -4.64. The lowest BCUT2D eigenvalue weighted by Crippen LogP contribution is -2.63. The number of H-pyrrole nitrogens is 1. The van der Waals surface area contributed by atoms with Crippen LogP contribution in [0.3, 0.4) is 0 Å². The lowest BCUT2D eigenvalue weighted by Gasteiger charge is -2.57. The summed E-state index contributed by atoms with van der Waals surface area (Å²) in [5, 5.41) is 26.5. The van der Waals surface area contributed by atoms with Gasteiger partial charge in [-0.1, -0.05) is 44.5 Å². The van der Waals surface area contributed by atoms with Crippen LogP contribution in [-0.4, -0.2) is 116 Å². The number of pyridine rings is 1. The van der Waals surface area contributed by atoms with Gasteiger partial charge in [0, 0.05) is 68.2 Å². The molecule has 5 aliphatic rings. The Kier molecular flexibility index (Phi) is 14.2. The number of likely N-dealkylation sites (tertiary alicyclic amines) is 1. The molecule has 3 aliphatic heterocycles. The largest absolute Gasteiger partial charge is 0.472 e. The number of carbonyl (C=O) groups excluding carboxylic acids is 1. The Morgan fingerprint density at radius 2 is 1.78 bits per heavy atom. The van der Waals surface area contributed by atoms with Crippen molar-refractivity contribution in [2.24, 2.45) is 11.3 Å². The summed E-state index contributed by atoms with van der Waals surface area (Å²) < 4.78 is 54.4. The molecule has 3 aromatic carbocycles. The van der Waals surface area contributed by atoms with Crippen molar-refractivity contribution in [2.75, 3.05) is 69.4 Å². The number of aliphatic hydroxyl groups is 1.